The molecule has 1 aliphatic rings. The lowest BCUT2D eigenvalue weighted by atomic mass is 10.1. The van der Waals surface area contributed by atoms with Crippen molar-refractivity contribution in [2.24, 2.45) is 5.92 Å². The predicted octanol–water partition coefficient (Wildman–Crippen LogP) is 2.93. The molecule has 0 aliphatic heterocycles. The summed E-state index contributed by atoms with van der Waals surface area (Å²) >= 11 is 5.99. The zero-order valence-corrected chi connectivity index (χ0v) is 12.8. The number of nitrogens with zero attached hydrogens (tertiary/aromatic N) is 2. The minimum absolute atomic E-state index is 0.118. The van der Waals surface area contributed by atoms with Crippen LogP contribution in [0.3, 0.4) is 0 Å². The van der Waals surface area contributed by atoms with Crippen molar-refractivity contribution in [3.05, 3.63) is 23.5 Å². The molecule has 1 heterocycles. The van der Waals surface area contributed by atoms with E-state index >= 15 is 0 Å². The molecule has 1 saturated carbocycles. The largest absolute Gasteiger partial charge is 0.263 e. The van der Waals surface area contributed by atoms with Gasteiger partial charge in [-0.2, -0.15) is 4.31 Å². The quantitative estimate of drug-likeness (QED) is 0.812. The first-order valence-electron chi connectivity index (χ1n) is 6.54. The topological polar surface area (TPSA) is 50.3 Å². The highest BCUT2D eigenvalue weighted by atomic mass is 35.5. The molecular formula is C13H19ClN2O2S. The highest BCUT2D eigenvalue weighted by Crippen LogP contribution is 2.34. The van der Waals surface area contributed by atoms with Gasteiger partial charge in [0.05, 0.1) is 5.02 Å². The van der Waals surface area contributed by atoms with Crippen LogP contribution in [0, 0.1) is 5.92 Å². The number of hydrogen-bond donors (Lipinski definition) is 0. The molecule has 1 aromatic heterocycles. The molecule has 0 atom stereocenters. The molecule has 0 amide bonds. The van der Waals surface area contributed by atoms with Crippen LogP contribution in [-0.4, -0.2) is 30.3 Å². The van der Waals surface area contributed by atoms with Gasteiger partial charge in [-0.3, -0.25) is 4.98 Å². The Labute approximate surface area is 119 Å². The summed E-state index contributed by atoms with van der Waals surface area (Å²) in [5.41, 5.74) is 0. The van der Waals surface area contributed by atoms with Crippen LogP contribution in [0.4, 0.5) is 0 Å². The standard InChI is InChI=1S/C13H19ClN2O2S/c1-10(2)6-8-16(11-3-4-11)19(17,18)13-9-15-7-5-12(13)14/h5,7,9-11H,3-4,6,8H2,1-2H3. The van der Waals surface area contributed by atoms with Crippen molar-refractivity contribution < 1.29 is 8.42 Å². The van der Waals surface area contributed by atoms with Crippen molar-refractivity contribution in [3.8, 4) is 0 Å². The number of aromatic nitrogens is 1. The highest BCUT2D eigenvalue weighted by molar-refractivity contribution is 7.89. The molecule has 6 heteroatoms. The van der Waals surface area contributed by atoms with Crippen LogP contribution in [0.25, 0.3) is 0 Å². The number of halogens is 1. The summed E-state index contributed by atoms with van der Waals surface area (Å²) < 4.78 is 26.9. The van der Waals surface area contributed by atoms with Gasteiger partial charge in [-0.05, 0) is 31.2 Å². The molecule has 0 saturated heterocycles. The van der Waals surface area contributed by atoms with Gasteiger partial charge < -0.3 is 0 Å². The van der Waals surface area contributed by atoms with Crippen molar-refractivity contribution in [1.29, 1.82) is 0 Å². The second kappa shape index (κ2) is 5.77. The normalized spacial score (nSPS) is 16.3. The monoisotopic (exact) mass is 302 g/mol. The average Bonchev–Trinajstić information content (AvgIpc) is 3.13. The zero-order valence-electron chi connectivity index (χ0n) is 11.2. The number of sulfonamides is 1. The van der Waals surface area contributed by atoms with Crippen molar-refractivity contribution >= 4 is 21.6 Å². The Morgan fingerprint density at radius 1 is 1.47 bits per heavy atom. The molecule has 1 fully saturated rings. The van der Waals surface area contributed by atoms with E-state index in [2.05, 4.69) is 18.8 Å². The van der Waals surface area contributed by atoms with E-state index in [1.807, 2.05) is 0 Å². The summed E-state index contributed by atoms with van der Waals surface area (Å²) in [6.45, 7) is 4.74. The molecule has 2 rings (SSSR count). The lowest BCUT2D eigenvalue weighted by Gasteiger charge is -2.23. The van der Waals surface area contributed by atoms with Crippen LogP contribution in [0.15, 0.2) is 23.4 Å². The van der Waals surface area contributed by atoms with E-state index in [4.69, 9.17) is 11.6 Å². The van der Waals surface area contributed by atoms with E-state index < -0.39 is 10.0 Å². The van der Waals surface area contributed by atoms with Crippen LogP contribution in [0.1, 0.15) is 33.1 Å². The second-order valence-electron chi connectivity index (χ2n) is 5.34. The lowest BCUT2D eigenvalue weighted by Crippen LogP contribution is -2.34. The van der Waals surface area contributed by atoms with Crippen LogP contribution < -0.4 is 0 Å². The number of pyridine rings is 1. The molecule has 0 spiro atoms. The van der Waals surface area contributed by atoms with Gasteiger partial charge in [0.25, 0.3) is 0 Å². The predicted molar refractivity (Wildman–Crippen MR) is 75.6 cm³/mol. The summed E-state index contributed by atoms with van der Waals surface area (Å²) in [5, 5.41) is 0.241. The molecule has 1 aliphatic carbocycles. The Balaban J connectivity index is 2.27. The molecule has 1 aromatic rings. The Kier molecular flexibility index (Phi) is 4.48. The molecule has 4 nitrogen and oxygen atoms in total. The molecule has 0 aromatic carbocycles. The Bertz CT molecular complexity index is 541. The number of rotatable bonds is 6. The third-order valence-electron chi connectivity index (χ3n) is 3.20. The van der Waals surface area contributed by atoms with Gasteiger partial charge in [0.2, 0.25) is 10.0 Å². The van der Waals surface area contributed by atoms with Crippen LogP contribution in [-0.2, 0) is 10.0 Å². The van der Waals surface area contributed by atoms with Gasteiger partial charge in [0.1, 0.15) is 4.90 Å². The van der Waals surface area contributed by atoms with Gasteiger partial charge in [0, 0.05) is 25.0 Å². The van der Waals surface area contributed by atoms with E-state index in [0.29, 0.717) is 12.5 Å². The van der Waals surface area contributed by atoms with Crippen LogP contribution in [0.2, 0.25) is 5.02 Å². The first-order chi connectivity index (χ1) is 8.93. The average molecular weight is 303 g/mol. The number of hydrogen-bond acceptors (Lipinski definition) is 3. The molecule has 0 bridgehead atoms. The van der Waals surface area contributed by atoms with E-state index in [0.717, 1.165) is 19.3 Å². The third-order valence-corrected chi connectivity index (χ3v) is 5.62. The fourth-order valence-corrected chi connectivity index (χ4v) is 4.03. The van der Waals surface area contributed by atoms with Crippen molar-refractivity contribution in [2.75, 3.05) is 6.54 Å². The maximum absolute atomic E-state index is 12.6. The van der Waals surface area contributed by atoms with E-state index in [9.17, 15) is 8.42 Å². The maximum Gasteiger partial charge on any atom is 0.246 e. The summed E-state index contributed by atoms with van der Waals surface area (Å²) in [6, 6.07) is 1.65. The first kappa shape index (κ1) is 14.8. The fraction of sp³-hybridized carbons (Fsp3) is 0.615. The summed E-state index contributed by atoms with van der Waals surface area (Å²) in [6.07, 6.45) is 5.57. The van der Waals surface area contributed by atoms with Crippen molar-refractivity contribution in [1.82, 2.24) is 9.29 Å². The summed E-state index contributed by atoms with van der Waals surface area (Å²) in [7, 11) is -3.53. The summed E-state index contributed by atoms with van der Waals surface area (Å²) in [4.78, 5) is 4.00. The Morgan fingerprint density at radius 2 is 2.16 bits per heavy atom. The molecule has 106 valence electrons. The Hall–Kier alpha value is -0.650. The van der Waals surface area contributed by atoms with E-state index in [1.54, 1.807) is 4.31 Å². The lowest BCUT2D eigenvalue weighted by molar-refractivity contribution is 0.373. The van der Waals surface area contributed by atoms with Gasteiger partial charge >= 0.3 is 0 Å². The van der Waals surface area contributed by atoms with E-state index in [1.165, 1.54) is 18.5 Å². The molecule has 0 radical (unpaired) electrons. The second-order valence-corrected chi connectivity index (χ2v) is 7.60. The Morgan fingerprint density at radius 3 is 2.68 bits per heavy atom. The minimum Gasteiger partial charge on any atom is -0.263 e. The molecule has 0 unspecified atom stereocenters. The van der Waals surface area contributed by atoms with Gasteiger partial charge in [-0.15, -0.1) is 0 Å². The highest BCUT2D eigenvalue weighted by Gasteiger charge is 2.38. The van der Waals surface area contributed by atoms with E-state index in [-0.39, 0.29) is 16.0 Å². The van der Waals surface area contributed by atoms with Gasteiger partial charge in [-0.1, -0.05) is 25.4 Å². The van der Waals surface area contributed by atoms with Gasteiger partial charge in [0.15, 0.2) is 0 Å². The smallest absolute Gasteiger partial charge is 0.246 e. The molecular weight excluding hydrogens is 284 g/mol. The maximum atomic E-state index is 12.6. The SMILES string of the molecule is CC(C)CCN(C1CC1)S(=O)(=O)c1cnccc1Cl. The van der Waals surface area contributed by atoms with Gasteiger partial charge in [-0.25, -0.2) is 8.42 Å². The van der Waals surface area contributed by atoms with Crippen molar-refractivity contribution in [3.63, 3.8) is 0 Å². The zero-order chi connectivity index (χ0) is 14.0. The summed E-state index contributed by atoms with van der Waals surface area (Å²) in [5.74, 6) is 0.473. The third kappa shape index (κ3) is 3.46. The fourth-order valence-electron chi connectivity index (χ4n) is 1.93. The molecule has 19 heavy (non-hydrogen) atoms. The first-order valence-corrected chi connectivity index (χ1v) is 8.36. The minimum atomic E-state index is -3.53. The van der Waals surface area contributed by atoms with Crippen molar-refractivity contribution in [2.45, 2.75) is 44.0 Å². The molecule has 0 N–H and O–H groups in total. The van der Waals surface area contributed by atoms with Crippen LogP contribution >= 0.6 is 11.6 Å². The van der Waals surface area contributed by atoms with Crippen LogP contribution in [0.5, 0.6) is 0 Å².